The number of rotatable bonds is 4. The molecule has 1 aromatic rings. The Balaban J connectivity index is 1.63. The lowest BCUT2D eigenvalue weighted by molar-refractivity contribution is 0.144. The summed E-state index contributed by atoms with van der Waals surface area (Å²) in [6.45, 7) is 10.3. The summed E-state index contributed by atoms with van der Waals surface area (Å²) in [6.07, 6.45) is 8.52. The molecule has 0 atom stereocenters. The molecule has 0 spiro atoms. The fourth-order valence-corrected chi connectivity index (χ4v) is 4.07. The molecule has 25 heavy (non-hydrogen) atoms. The number of nitrogens with one attached hydrogen (secondary N) is 1. The molecule has 1 fully saturated rings. The van der Waals surface area contributed by atoms with Gasteiger partial charge in [0.15, 0.2) is 0 Å². The molecule has 1 N–H and O–H groups in total. The highest BCUT2D eigenvalue weighted by atomic mass is 16.2. The maximum absolute atomic E-state index is 12.8. The second-order valence-electron chi connectivity index (χ2n) is 7.24. The fourth-order valence-electron chi connectivity index (χ4n) is 4.07. The van der Waals surface area contributed by atoms with Crippen molar-refractivity contribution < 1.29 is 4.79 Å². The second-order valence-corrected chi connectivity index (χ2v) is 7.24. The minimum atomic E-state index is 0.0613. The van der Waals surface area contributed by atoms with Crippen LogP contribution in [0.25, 0.3) is 0 Å². The summed E-state index contributed by atoms with van der Waals surface area (Å²) in [4.78, 5) is 17.3. The van der Waals surface area contributed by atoms with Crippen LogP contribution in [0.3, 0.4) is 0 Å². The predicted molar refractivity (Wildman–Crippen MR) is 104 cm³/mol. The van der Waals surface area contributed by atoms with Crippen LogP contribution < -0.4 is 5.32 Å². The first-order valence-corrected chi connectivity index (χ1v) is 9.69. The van der Waals surface area contributed by atoms with E-state index in [1.165, 1.54) is 16.7 Å². The number of piperidine rings is 1. The Kier molecular flexibility index (Phi) is 5.79. The van der Waals surface area contributed by atoms with Crippen LogP contribution in [0.2, 0.25) is 0 Å². The summed E-state index contributed by atoms with van der Waals surface area (Å²) in [7, 11) is 0. The molecule has 4 nitrogen and oxygen atoms in total. The Bertz CT molecular complexity index is 612. The largest absolute Gasteiger partial charge is 0.324 e. The lowest BCUT2D eigenvalue weighted by atomic mass is 9.99. The molecule has 2 amide bonds. The van der Waals surface area contributed by atoms with Crippen molar-refractivity contribution >= 4 is 11.7 Å². The van der Waals surface area contributed by atoms with Crippen molar-refractivity contribution in [2.75, 3.05) is 31.5 Å². The number of carbonyl (C=O) groups excluding carboxylic acids is 1. The number of urea groups is 1. The minimum Gasteiger partial charge on any atom is -0.324 e. The van der Waals surface area contributed by atoms with Crippen LogP contribution in [0.5, 0.6) is 0 Å². The van der Waals surface area contributed by atoms with Gasteiger partial charge in [0.25, 0.3) is 0 Å². The monoisotopic (exact) mass is 341 g/mol. The van der Waals surface area contributed by atoms with E-state index in [9.17, 15) is 4.79 Å². The molecule has 0 radical (unpaired) electrons. The number of aryl methyl sites for hydroxylation is 3. The van der Waals surface area contributed by atoms with Crippen molar-refractivity contribution in [2.45, 2.75) is 52.5 Å². The molecular formula is C21H31N3O. The molecule has 0 saturated carbocycles. The number of nitrogens with zero attached hydrogens (tertiary/aromatic N) is 2. The zero-order valence-corrected chi connectivity index (χ0v) is 15.8. The average molecular weight is 341 g/mol. The van der Waals surface area contributed by atoms with Gasteiger partial charge in [-0.2, -0.15) is 0 Å². The maximum atomic E-state index is 12.8. The van der Waals surface area contributed by atoms with E-state index in [2.05, 4.69) is 55.3 Å². The van der Waals surface area contributed by atoms with E-state index in [1.807, 2.05) is 4.90 Å². The number of anilines is 1. The maximum Gasteiger partial charge on any atom is 0.321 e. The van der Waals surface area contributed by atoms with E-state index in [1.54, 1.807) is 0 Å². The zero-order valence-electron chi connectivity index (χ0n) is 15.8. The van der Waals surface area contributed by atoms with Crippen LogP contribution in [0.15, 0.2) is 24.3 Å². The molecule has 0 aromatic heterocycles. The van der Waals surface area contributed by atoms with Gasteiger partial charge in [0.2, 0.25) is 0 Å². The van der Waals surface area contributed by atoms with Gasteiger partial charge in [-0.05, 0) is 43.7 Å². The number of hydrogen-bond acceptors (Lipinski definition) is 2. The summed E-state index contributed by atoms with van der Waals surface area (Å²) in [6, 6.07) is 5.07. The Hall–Kier alpha value is -1.81. The van der Waals surface area contributed by atoms with Crippen LogP contribution in [0.4, 0.5) is 10.5 Å². The van der Waals surface area contributed by atoms with Crippen LogP contribution in [-0.2, 0) is 12.8 Å². The normalized spacial score (nSPS) is 18.8. The van der Waals surface area contributed by atoms with Gasteiger partial charge in [0.05, 0.1) is 0 Å². The number of likely N-dealkylation sites (tertiary alicyclic amines) is 1. The van der Waals surface area contributed by atoms with Gasteiger partial charge in [-0.3, -0.25) is 4.90 Å². The molecule has 3 rings (SSSR count). The van der Waals surface area contributed by atoms with E-state index in [0.29, 0.717) is 6.04 Å². The standard InChI is InChI=1S/C21H31N3O/c1-4-17-14-16(3)15-18(5-2)20(17)22-21(25)24-12-8-19(9-13-24)23-10-6-7-11-23/h6-7,14-15,19H,4-5,8-13H2,1-3H3,(H,22,25). The fraction of sp³-hybridized carbons (Fsp3) is 0.571. The Morgan fingerprint density at radius 2 is 1.64 bits per heavy atom. The molecule has 0 aliphatic carbocycles. The van der Waals surface area contributed by atoms with Crippen molar-refractivity contribution in [1.29, 1.82) is 0 Å². The third kappa shape index (κ3) is 4.06. The zero-order chi connectivity index (χ0) is 17.8. The minimum absolute atomic E-state index is 0.0613. The van der Waals surface area contributed by atoms with Gasteiger partial charge < -0.3 is 10.2 Å². The topological polar surface area (TPSA) is 35.6 Å². The molecule has 0 bridgehead atoms. The molecular weight excluding hydrogens is 310 g/mol. The summed E-state index contributed by atoms with van der Waals surface area (Å²) in [5, 5.41) is 3.22. The van der Waals surface area contributed by atoms with Gasteiger partial charge in [-0.25, -0.2) is 4.79 Å². The number of hydrogen-bond donors (Lipinski definition) is 1. The van der Waals surface area contributed by atoms with E-state index in [-0.39, 0.29) is 6.03 Å². The number of carbonyl (C=O) groups is 1. The number of amides is 2. The van der Waals surface area contributed by atoms with Crippen LogP contribution in [-0.4, -0.2) is 48.1 Å². The van der Waals surface area contributed by atoms with Crippen molar-refractivity contribution in [3.05, 3.63) is 41.0 Å². The predicted octanol–water partition coefficient (Wildman–Crippen LogP) is 3.99. The second kappa shape index (κ2) is 8.05. The highest BCUT2D eigenvalue weighted by molar-refractivity contribution is 5.91. The molecule has 2 heterocycles. The van der Waals surface area contributed by atoms with Crippen molar-refractivity contribution in [2.24, 2.45) is 0 Å². The first-order chi connectivity index (χ1) is 12.1. The SMILES string of the molecule is CCc1cc(C)cc(CC)c1NC(=O)N1CCC(N2CC=CC2)CC1. The van der Waals surface area contributed by atoms with Crippen molar-refractivity contribution in [1.82, 2.24) is 9.80 Å². The summed E-state index contributed by atoms with van der Waals surface area (Å²) >= 11 is 0. The van der Waals surface area contributed by atoms with Gasteiger partial charge in [-0.15, -0.1) is 0 Å². The first kappa shape index (κ1) is 18.0. The quantitative estimate of drug-likeness (QED) is 0.841. The lowest BCUT2D eigenvalue weighted by Crippen LogP contribution is -2.47. The van der Waals surface area contributed by atoms with E-state index in [4.69, 9.17) is 0 Å². The first-order valence-electron chi connectivity index (χ1n) is 9.69. The summed E-state index contributed by atoms with van der Waals surface area (Å²) in [5.41, 5.74) is 4.78. The third-order valence-corrected chi connectivity index (χ3v) is 5.55. The molecule has 1 saturated heterocycles. The van der Waals surface area contributed by atoms with Crippen LogP contribution in [0.1, 0.15) is 43.4 Å². The third-order valence-electron chi connectivity index (χ3n) is 5.55. The molecule has 0 unspecified atom stereocenters. The molecule has 136 valence electrons. The van der Waals surface area contributed by atoms with E-state index >= 15 is 0 Å². The summed E-state index contributed by atoms with van der Waals surface area (Å²) in [5.74, 6) is 0. The molecule has 1 aromatic carbocycles. The van der Waals surface area contributed by atoms with Crippen molar-refractivity contribution in [3.8, 4) is 0 Å². The van der Waals surface area contributed by atoms with Crippen LogP contribution >= 0.6 is 0 Å². The smallest absolute Gasteiger partial charge is 0.321 e. The van der Waals surface area contributed by atoms with E-state index in [0.717, 1.165) is 57.5 Å². The summed E-state index contributed by atoms with van der Waals surface area (Å²) < 4.78 is 0. The Morgan fingerprint density at radius 3 is 2.16 bits per heavy atom. The van der Waals surface area contributed by atoms with Gasteiger partial charge in [-0.1, -0.05) is 43.7 Å². The lowest BCUT2D eigenvalue weighted by Gasteiger charge is -2.36. The number of benzene rings is 1. The molecule has 2 aliphatic heterocycles. The van der Waals surface area contributed by atoms with Gasteiger partial charge in [0.1, 0.15) is 0 Å². The van der Waals surface area contributed by atoms with Crippen LogP contribution in [0, 0.1) is 6.92 Å². The van der Waals surface area contributed by atoms with Gasteiger partial charge >= 0.3 is 6.03 Å². The molecule has 4 heteroatoms. The van der Waals surface area contributed by atoms with Gasteiger partial charge in [0, 0.05) is 37.9 Å². The molecule has 2 aliphatic rings. The van der Waals surface area contributed by atoms with Crippen molar-refractivity contribution in [3.63, 3.8) is 0 Å². The highest BCUT2D eigenvalue weighted by Crippen LogP contribution is 2.26. The average Bonchev–Trinajstić information content (AvgIpc) is 3.17. The Morgan fingerprint density at radius 1 is 1.08 bits per heavy atom. The highest BCUT2D eigenvalue weighted by Gasteiger charge is 2.27. The van der Waals surface area contributed by atoms with E-state index < -0.39 is 0 Å². The Labute approximate surface area is 151 Å².